The summed E-state index contributed by atoms with van der Waals surface area (Å²) in [4.78, 5) is 10.5. The Hall–Kier alpha value is -1.32. The fraction of sp³-hybridized carbons (Fsp3) is 0.500. The molecule has 4 nitrogen and oxygen atoms in total. The second-order valence-electron chi connectivity index (χ2n) is 2.60. The van der Waals surface area contributed by atoms with Crippen LogP contribution in [-0.4, -0.2) is 31.2 Å². The highest BCUT2D eigenvalue weighted by Gasteiger charge is 1.93. The predicted octanol–water partition coefficient (Wildman–Crippen LogP) is 0.574. The number of hydrogen-bond acceptors (Lipinski definition) is 3. The third-order valence-electron chi connectivity index (χ3n) is 1.25. The molecule has 4 heteroatoms. The zero-order valence-electron chi connectivity index (χ0n) is 7.79. The van der Waals surface area contributed by atoms with Gasteiger partial charge in [-0.2, -0.15) is 5.10 Å². The van der Waals surface area contributed by atoms with E-state index in [1.165, 1.54) is 6.92 Å². The Morgan fingerprint density at radius 3 is 2.67 bits per heavy atom. The Kier molecular flexibility index (Phi) is 4.76. The molecule has 0 aliphatic heterocycles. The topological polar surface area (TPSA) is 44.7 Å². The molecule has 12 heavy (non-hydrogen) atoms. The lowest BCUT2D eigenvalue weighted by molar-refractivity contribution is -0.118. The lowest BCUT2D eigenvalue weighted by atomic mass is 10.3. The van der Waals surface area contributed by atoms with E-state index in [1.807, 2.05) is 13.1 Å². The quantitative estimate of drug-likeness (QED) is 0.494. The summed E-state index contributed by atoms with van der Waals surface area (Å²) in [6.07, 6.45) is 1.81. The van der Waals surface area contributed by atoms with Crippen LogP contribution in [0.2, 0.25) is 0 Å². The molecule has 0 saturated heterocycles. The number of amides is 1. The van der Waals surface area contributed by atoms with Crippen LogP contribution in [-0.2, 0) is 4.79 Å². The zero-order valence-corrected chi connectivity index (χ0v) is 7.79. The molecule has 0 atom stereocenters. The molecule has 0 aliphatic rings. The molecule has 0 aromatic heterocycles. The molecule has 1 N–H and O–H groups in total. The van der Waals surface area contributed by atoms with Crippen molar-refractivity contribution in [1.82, 2.24) is 10.3 Å². The molecule has 0 aromatic carbocycles. The van der Waals surface area contributed by atoms with Crippen LogP contribution in [0.15, 0.2) is 16.9 Å². The fourth-order valence-electron chi connectivity index (χ4n) is 0.669. The number of nitrogens with one attached hydrogen (secondary N) is 1. The second kappa shape index (κ2) is 5.35. The normalized spacial score (nSPS) is 10.8. The fourth-order valence-corrected chi connectivity index (χ4v) is 0.669. The van der Waals surface area contributed by atoms with Gasteiger partial charge in [-0.3, -0.25) is 9.80 Å². The van der Waals surface area contributed by atoms with Gasteiger partial charge in [-0.25, -0.2) is 0 Å². The Labute approximate surface area is 72.9 Å². The van der Waals surface area contributed by atoms with Gasteiger partial charge in [-0.15, -0.1) is 0 Å². The van der Waals surface area contributed by atoms with Crippen molar-refractivity contribution in [3.8, 4) is 0 Å². The van der Waals surface area contributed by atoms with Crippen LogP contribution >= 0.6 is 0 Å². The molecule has 0 unspecified atom stereocenters. The molecule has 0 radical (unpaired) electrons. The molecular formula is C8H15N3O. The standard InChI is InChI=1S/C8H15N3O/c1-7(5-10-8(2)12)6-11(4)9-3/h6H,3,5H2,1-2,4H3,(H,10,12)/b7-6+. The Morgan fingerprint density at radius 2 is 2.25 bits per heavy atom. The lowest BCUT2D eigenvalue weighted by Gasteiger charge is -2.08. The van der Waals surface area contributed by atoms with E-state index in [1.54, 1.807) is 12.1 Å². The van der Waals surface area contributed by atoms with E-state index >= 15 is 0 Å². The maximum absolute atomic E-state index is 10.5. The van der Waals surface area contributed by atoms with Crippen LogP contribution < -0.4 is 5.32 Å². The van der Waals surface area contributed by atoms with Gasteiger partial charge < -0.3 is 5.32 Å². The van der Waals surface area contributed by atoms with E-state index in [4.69, 9.17) is 0 Å². The van der Waals surface area contributed by atoms with Crippen molar-refractivity contribution in [2.75, 3.05) is 13.6 Å². The monoisotopic (exact) mass is 169 g/mol. The first-order valence-electron chi connectivity index (χ1n) is 3.67. The third-order valence-corrected chi connectivity index (χ3v) is 1.25. The summed E-state index contributed by atoms with van der Waals surface area (Å²) in [5.41, 5.74) is 1.03. The number of carbonyl (C=O) groups is 1. The van der Waals surface area contributed by atoms with Crippen molar-refractivity contribution in [1.29, 1.82) is 0 Å². The van der Waals surface area contributed by atoms with Gasteiger partial charge in [0.05, 0.1) is 0 Å². The lowest BCUT2D eigenvalue weighted by Crippen LogP contribution is -2.22. The number of hydrazone groups is 1. The number of nitrogens with zero attached hydrogens (tertiary/aromatic N) is 2. The minimum atomic E-state index is -0.0306. The summed E-state index contributed by atoms with van der Waals surface area (Å²) < 4.78 is 0. The highest BCUT2D eigenvalue weighted by atomic mass is 16.1. The van der Waals surface area contributed by atoms with E-state index in [9.17, 15) is 4.79 Å². The summed E-state index contributed by atoms with van der Waals surface area (Å²) in [5.74, 6) is -0.0306. The summed E-state index contributed by atoms with van der Waals surface area (Å²) >= 11 is 0. The second-order valence-corrected chi connectivity index (χ2v) is 2.60. The predicted molar refractivity (Wildman–Crippen MR) is 49.8 cm³/mol. The van der Waals surface area contributed by atoms with E-state index in [2.05, 4.69) is 17.1 Å². The van der Waals surface area contributed by atoms with Crippen molar-refractivity contribution in [2.45, 2.75) is 13.8 Å². The van der Waals surface area contributed by atoms with E-state index < -0.39 is 0 Å². The molecule has 0 aromatic rings. The highest BCUT2D eigenvalue weighted by Crippen LogP contribution is 1.93. The van der Waals surface area contributed by atoms with Crippen LogP contribution in [0.4, 0.5) is 0 Å². The molecule has 0 fully saturated rings. The van der Waals surface area contributed by atoms with Crippen LogP contribution in [0, 0.1) is 0 Å². The average molecular weight is 169 g/mol. The van der Waals surface area contributed by atoms with Gasteiger partial charge >= 0.3 is 0 Å². The summed E-state index contributed by atoms with van der Waals surface area (Å²) in [6.45, 7) is 7.31. The number of hydrogen-bond donors (Lipinski definition) is 1. The minimum Gasteiger partial charge on any atom is -0.353 e. The van der Waals surface area contributed by atoms with Crippen LogP contribution in [0.5, 0.6) is 0 Å². The van der Waals surface area contributed by atoms with E-state index in [-0.39, 0.29) is 5.91 Å². The highest BCUT2D eigenvalue weighted by molar-refractivity contribution is 5.73. The van der Waals surface area contributed by atoms with Crippen LogP contribution in [0.1, 0.15) is 13.8 Å². The Bertz CT molecular complexity index is 198. The molecule has 1 amide bonds. The molecule has 0 spiro atoms. The molecule has 0 rings (SSSR count). The van der Waals surface area contributed by atoms with E-state index in [0.717, 1.165) is 5.57 Å². The van der Waals surface area contributed by atoms with Gasteiger partial charge in [0.1, 0.15) is 0 Å². The summed E-state index contributed by atoms with van der Waals surface area (Å²) in [6, 6.07) is 0. The van der Waals surface area contributed by atoms with Crippen molar-refractivity contribution in [2.24, 2.45) is 5.10 Å². The molecule has 0 heterocycles. The Balaban J connectivity index is 3.85. The van der Waals surface area contributed by atoms with Crippen LogP contribution in [0.3, 0.4) is 0 Å². The van der Waals surface area contributed by atoms with Gasteiger partial charge in [0, 0.05) is 33.4 Å². The van der Waals surface area contributed by atoms with Crippen molar-refractivity contribution in [3.05, 3.63) is 11.8 Å². The van der Waals surface area contributed by atoms with E-state index in [0.29, 0.717) is 6.54 Å². The smallest absolute Gasteiger partial charge is 0.217 e. The van der Waals surface area contributed by atoms with Gasteiger partial charge in [-0.05, 0) is 12.5 Å². The molecule has 0 aliphatic carbocycles. The Morgan fingerprint density at radius 1 is 1.67 bits per heavy atom. The average Bonchev–Trinajstić information content (AvgIpc) is 2.00. The number of carbonyl (C=O) groups excluding carboxylic acids is 1. The van der Waals surface area contributed by atoms with Crippen LogP contribution in [0.25, 0.3) is 0 Å². The minimum absolute atomic E-state index is 0.0306. The molecule has 68 valence electrons. The first-order valence-corrected chi connectivity index (χ1v) is 3.67. The van der Waals surface area contributed by atoms with Gasteiger partial charge in [0.2, 0.25) is 5.91 Å². The van der Waals surface area contributed by atoms with Gasteiger partial charge in [0.15, 0.2) is 0 Å². The van der Waals surface area contributed by atoms with Gasteiger partial charge in [0.25, 0.3) is 0 Å². The van der Waals surface area contributed by atoms with Crippen molar-refractivity contribution in [3.63, 3.8) is 0 Å². The zero-order chi connectivity index (χ0) is 9.56. The SMILES string of the molecule is C=NN(C)/C=C(\C)CNC(C)=O. The molecular weight excluding hydrogens is 154 g/mol. The summed E-state index contributed by atoms with van der Waals surface area (Å²) in [7, 11) is 1.78. The largest absolute Gasteiger partial charge is 0.353 e. The number of rotatable bonds is 4. The first kappa shape index (κ1) is 10.7. The summed E-state index contributed by atoms with van der Waals surface area (Å²) in [5, 5.41) is 7.92. The third kappa shape index (κ3) is 5.46. The van der Waals surface area contributed by atoms with Crippen molar-refractivity contribution < 1.29 is 4.79 Å². The van der Waals surface area contributed by atoms with Crippen molar-refractivity contribution >= 4 is 12.6 Å². The molecule has 0 bridgehead atoms. The molecule has 0 saturated carbocycles. The van der Waals surface area contributed by atoms with Gasteiger partial charge in [-0.1, -0.05) is 0 Å². The maximum Gasteiger partial charge on any atom is 0.217 e. The maximum atomic E-state index is 10.5. The first-order chi connectivity index (χ1) is 5.56.